The maximum atomic E-state index is 13.7. The highest BCUT2D eigenvalue weighted by molar-refractivity contribution is 6.31. The first-order valence-electron chi connectivity index (χ1n) is 20.5. The number of piperidine rings is 2. The van der Waals surface area contributed by atoms with Gasteiger partial charge in [-0.1, -0.05) is 11.6 Å². The highest BCUT2D eigenvalue weighted by atomic mass is 35.5. The summed E-state index contributed by atoms with van der Waals surface area (Å²) in [6.07, 6.45) is 5.25. The fourth-order valence-electron chi connectivity index (χ4n) is 9.72. The van der Waals surface area contributed by atoms with E-state index in [9.17, 15) is 28.8 Å². The molecule has 4 fully saturated rings. The smallest absolute Gasteiger partial charge is 0.262 e. The lowest BCUT2D eigenvalue weighted by Crippen LogP contribution is -2.54. The standard InChI is InChI=1S/C44H44ClN7O7/c45-37-23-33(6-1-27(37)24-46)59-32-7-3-30(4-8-32)51-25-28-21-26(2-9-34(28)42(51)56)41(55)50-19-17-49(18-20-50)29-13-15-48(16-14-29)31-5-10-35-36(22-31)44(58)52(43(35)57)38-11-12-39(53)47-40(38)54/h1-2,5-6,9-10,21-23,29-30,32,38H,3-4,7-8,11-20,25H2,(H,47,53,54). The van der Waals surface area contributed by atoms with Crippen LogP contribution in [0, 0.1) is 11.3 Å². The van der Waals surface area contributed by atoms with Crippen molar-refractivity contribution in [1.29, 1.82) is 5.26 Å². The summed E-state index contributed by atoms with van der Waals surface area (Å²) in [5, 5.41) is 11.7. The lowest BCUT2D eigenvalue weighted by molar-refractivity contribution is -0.136. The van der Waals surface area contributed by atoms with Crippen molar-refractivity contribution < 1.29 is 33.5 Å². The highest BCUT2D eigenvalue weighted by Crippen LogP contribution is 2.35. The van der Waals surface area contributed by atoms with Crippen LogP contribution in [0.5, 0.6) is 5.75 Å². The van der Waals surface area contributed by atoms with Crippen molar-refractivity contribution in [3.8, 4) is 11.8 Å². The molecule has 1 aliphatic carbocycles. The third kappa shape index (κ3) is 7.31. The van der Waals surface area contributed by atoms with Gasteiger partial charge in [0.15, 0.2) is 0 Å². The number of rotatable bonds is 7. The van der Waals surface area contributed by atoms with Gasteiger partial charge in [0.2, 0.25) is 11.8 Å². The van der Waals surface area contributed by atoms with E-state index in [-0.39, 0.29) is 47.9 Å². The predicted molar refractivity (Wildman–Crippen MR) is 215 cm³/mol. The van der Waals surface area contributed by atoms with E-state index in [1.165, 1.54) is 0 Å². The number of imide groups is 2. The number of carbonyl (C=O) groups is 6. The highest BCUT2D eigenvalue weighted by Gasteiger charge is 2.45. The average molecular weight is 818 g/mol. The van der Waals surface area contributed by atoms with Crippen molar-refractivity contribution in [2.45, 2.75) is 82.1 Å². The molecule has 0 bridgehead atoms. The number of carbonyl (C=O) groups excluding carboxylic acids is 6. The van der Waals surface area contributed by atoms with E-state index < -0.39 is 29.7 Å². The first-order valence-corrected chi connectivity index (χ1v) is 20.9. The summed E-state index contributed by atoms with van der Waals surface area (Å²) < 4.78 is 6.16. The minimum absolute atomic E-state index is 0.00773. The molecule has 0 radical (unpaired) electrons. The second-order valence-corrected chi connectivity index (χ2v) is 16.7. The van der Waals surface area contributed by atoms with E-state index in [1.807, 2.05) is 28.0 Å². The van der Waals surface area contributed by atoms with E-state index in [2.05, 4.69) is 21.2 Å². The Bertz CT molecular complexity index is 2300. The van der Waals surface area contributed by atoms with Gasteiger partial charge in [-0.25, -0.2) is 0 Å². The summed E-state index contributed by atoms with van der Waals surface area (Å²) in [6.45, 7) is 4.81. The van der Waals surface area contributed by atoms with Crippen LogP contribution in [0.4, 0.5) is 5.69 Å². The molecule has 1 atom stereocenters. The van der Waals surface area contributed by atoms with Gasteiger partial charge in [-0.15, -0.1) is 0 Å². The van der Waals surface area contributed by atoms with Gasteiger partial charge in [0.1, 0.15) is 17.9 Å². The zero-order valence-corrected chi connectivity index (χ0v) is 33.3. The average Bonchev–Trinajstić information content (AvgIpc) is 3.71. The fraction of sp³-hybridized carbons (Fsp3) is 0.432. The summed E-state index contributed by atoms with van der Waals surface area (Å²) in [5.74, 6) is -1.41. The second-order valence-electron chi connectivity index (χ2n) is 16.3. The Kier molecular flexibility index (Phi) is 10.3. The van der Waals surface area contributed by atoms with E-state index in [4.69, 9.17) is 21.6 Å². The lowest BCUT2D eigenvalue weighted by Gasteiger charge is -2.43. The Hall–Kier alpha value is -5.78. The third-order valence-electron chi connectivity index (χ3n) is 13.0. The van der Waals surface area contributed by atoms with Crippen LogP contribution in [0.25, 0.3) is 0 Å². The molecule has 59 heavy (non-hydrogen) atoms. The molecule has 0 spiro atoms. The number of nitrogens with zero attached hydrogens (tertiary/aromatic N) is 6. The SMILES string of the molecule is N#Cc1ccc(OC2CCC(N3Cc4cc(C(=O)N5CCN(C6CCN(c7ccc8c(c7)C(=O)N(C7CCC(=O)NC7=O)C8=O)CC6)CC5)ccc4C3=O)CC2)cc1Cl. The van der Waals surface area contributed by atoms with Gasteiger partial charge >= 0.3 is 0 Å². The molecule has 6 aliphatic rings. The second kappa shape index (κ2) is 15.8. The summed E-state index contributed by atoms with van der Waals surface area (Å²) in [4.78, 5) is 87.4. The monoisotopic (exact) mass is 817 g/mol. The number of hydrogen-bond donors (Lipinski definition) is 1. The molecule has 6 amide bonds. The van der Waals surface area contributed by atoms with Crippen molar-refractivity contribution in [3.63, 3.8) is 0 Å². The van der Waals surface area contributed by atoms with Gasteiger partial charge in [0.25, 0.3) is 23.6 Å². The molecule has 3 aromatic carbocycles. The minimum Gasteiger partial charge on any atom is -0.490 e. The van der Waals surface area contributed by atoms with Crippen LogP contribution in [0.2, 0.25) is 5.02 Å². The van der Waals surface area contributed by atoms with Crippen LogP contribution in [0.3, 0.4) is 0 Å². The van der Waals surface area contributed by atoms with Crippen LogP contribution in [0.15, 0.2) is 54.6 Å². The number of ether oxygens (including phenoxy) is 1. The Morgan fingerprint density at radius 2 is 1.47 bits per heavy atom. The summed E-state index contributed by atoms with van der Waals surface area (Å²) >= 11 is 6.19. The molecule has 1 N–H and O–H groups in total. The van der Waals surface area contributed by atoms with Crippen LogP contribution in [-0.4, -0.2) is 119 Å². The Labute approximate surface area is 346 Å². The predicted octanol–water partition coefficient (Wildman–Crippen LogP) is 4.39. The molecule has 15 heteroatoms. The van der Waals surface area contributed by atoms with E-state index in [1.54, 1.807) is 36.4 Å². The number of anilines is 1. The maximum Gasteiger partial charge on any atom is 0.262 e. The summed E-state index contributed by atoms with van der Waals surface area (Å²) in [5.41, 5.74) is 3.98. The van der Waals surface area contributed by atoms with Gasteiger partial charge < -0.3 is 19.4 Å². The number of hydrogen-bond acceptors (Lipinski definition) is 10. The zero-order valence-electron chi connectivity index (χ0n) is 32.5. The van der Waals surface area contributed by atoms with Crippen molar-refractivity contribution in [3.05, 3.63) is 93.0 Å². The zero-order chi connectivity index (χ0) is 40.9. The molecular weight excluding hydrogens is 774 g/mol. The third-order valence-corrected chi connectivity index (χ3v) is 13.3. The van der Waals surface area contributed by atoms with Crippen LogP contribution >= 0.6 is 11.6 Å². The number of halogens is 1. The van der Waals surface area contributed by atoms with Gasteiger partial charge in [-0.3, -0.25) is 43.9 Å². The van der Waals surface area contributed by atoms with Gasteiger partial charge in [0, 0.05) is 87.2 Å². The quantitative estimate of drug-likeness (QED) is 0.339. The topological polar surface area (TPSA) is 164 Å². The van der Waals surface area contributed by atoms with Gasteiger partial charge in [0.05, 0.1) is 27.8 Å². The molecule has 3 saturated heterocycles. The molecule has 0 aromatic heterocycles. The van der Waals surface area contributed by atoms with Crippen molar-refractivity contribution in [1.82, 2.24) is 24.9 Å². The molecule has 9 rings (SSSR count). The number of nitrogens with one attached hydrogen (secondary N) is 1. The van der Waals surface area contributed by atoms with Crippen molar-refractivity contribution in [2.24, 2.45) is 0 Å². The first-order chi connectivity index (χ1) is 28.6. The Balaban J connectivity index is 0.745. The van der Waals surface area contributed by atoms with E-state index in [0.717, 1.165) is 80.9 Å². The summed E-state index contributed by atoms with van der Waals surface area (Å²) in [7, 11) is 0. The normalized spacial score (nSPS) is 23.9. The molecule has 1 saturated carbocycles. The first kappa shape index (κ1) is 38.7. The van der Waals surface area contributed by atoms with E-state index in [0.29, 0.717) is 53.1 Å². The minimum atomic E-state index is -0.993. The number of piperazine rings is 1. The van der Waals surface area contributed by atoms with Crippen LogP contribution in [-0.2, 0) is 16.1 Å². The lowest BCUT2D eigenvalue weighted by atomic mass is 9.92. The largest absolute Gasteiger partial charge is 0.490 e. The maximum absolute atomic E-state index is 13.7. The number of benzene rings is 3. The Morgan fingerprint density at radius 3 is 2.19 bits per heavy atom. The van der Waals surface area contributed by atoms with E-state index >= 15 is 0 Å². The molecule has 3 aromatic rings. The number of nitriles is 1. The molecule has 5 aliphatic heterocycles. The number of fused-ring (bicyclic) bond motifs is 2. The van der Waals surface area contributed by atoms with Crippen molar-refractivity contribution in [2.75, 3.05) is 44.2 Å². The van der Waals surface area contributed by atoms with Crippen LogP contribution < -0.4 is 15.0 Å². The molecule has 304 valence electrons. The Morgan fingerprint density at radius 1 is 0.746 bits per heavy atom. The fourth-order valence-corrected chi connectivity index (χ4v) is 9.93. The van der Waals surface area contributed by atoms with Crippen LogP contribution in [0.1, 0.15) is 104 Å². The van der Waals surface area contributed by atoms with Gasteiger partial charge in [-0.05, 0) is 99.0 Å². The molecule has 1 unspecified atom stereocenters. The van der Waals surface area contributed by atoms with Gasteiger partial charge in [-0.2, -0.15) is 5.26 Å². The molecule has 14 nitrogen and oxygen atoms in total. The number of amides is 6. The molecule has 5 heterocycles. The van der Waals surface area contributed by atoms with Crippen molar-refractivity contribution >= 4 is 52.7 Å². The summed E-state index contributed by atoms with van der Waals surface area (Å²) in [6, 6.07) is 17.4. The molecular formula is C44H44ClN7O7.